The first kappa shape index (κ1) is 13.3. The number of hydrogen-bond donors (Lipinski definition) is 0. The molecule has 0 bridgehead atoms. The van der Waals surface area contributed by atoms with Crippen LogP contribution in [0.1, 0.15) is 20.8 Å². The van der Waals surface area contributed by atoms with Gasteiger partial charge in [0, 0.05) is 0 Å². The molecule has 2 rings (SSSR count). The van der Waals surface area contributed by atoms with Crippen LogP contribution in [0, 0.1) is 0 Å². The molecular weight excluding hydrogens is 266 g/mol. The zero-order valence-corrected chi connectivity index (χ0v) is 11.9. The third-order valence-electron chi connectivity index (χ3n) is 3.06. The van der Waals surface area contributed by atoms with Crippen molar-refractivity contribution in [2.75, 3.05) is 20.3 Å². The summed E-state index contributed by atoms with van der Waals surface area (Å²) in [4.78, 5) is 10.4. The maximum absolute atomic E-state index is 12.4. The van der Waals surface area contributed by atoms with E-state index >= 15 is 0 Å². The zero-order chi connectivity index (χ0) is 13.1. The Morgan fingerprint density at radius 2 is 2.00 bits per heavy atom. The third kappa shape index (κ3) is 1.51. The predicted octanol–water partition coefficient (Wildman–Crippen LogP) is 0.641. The molecule has 0 aromatic rings. The number of esters is 1. The summed E-state index contributed by atoms with van der Waals surface area (Å²) in [5, 5.41) is 0. The monoisotopic (exact) mass is 281 g/mol. The number of rotatable bonds is 2. The molecule has 17 heavy (non-hydrogen) atoms. The van der Waals surface area contributed by atoms with Crippen LogP contribution in [-0.4, -0.2) is 50.1 Å². The number of ether oxygens (including phenoxy) is 2. The number of nitrogens with zero attached hydrogens (tertiary/aromatic N) is 1. The highest BCUT2D eigenvalue weighted by atomic mass is 35.5. The molecule has 0 N–H and O–H groups in total. The maximum atomic E-state index is 12.4. The van der Waals surface area contributed by atoms with Gasteiger partial charge in [-0.1, -0.05) is 11.6 Å². The Morgan fingerprint density at radius 1 is 1.47 bits per heavy atom. The zero-order valence-electron chi connectivity index (χ0n) is 10.3. The minimum Gasteiger partial charge on any atom is -0.467 e. The summed E-state index contributed by atoms with van der Waals surface area (Å²) in [6, 6.07) is 0. The highest BCUT2D eigenvalue weighted by Gasteiger charge is 2.86. The van der Waals surface area contributed by atoms with Crippen molar-refractivity contribution in [2.45, 2.75) is 36.1 Å². The number of halogens is 1. The van der Waals surface area contributed by atoms with Gasteiger partial charge in [-0.05, 0) is 20.8 Å². The van der Waals surface area contributed by atoms with Crippen molar-refractivity contribution in [3.8, 4) is 0 Å². The van der Waals surface area contributed by atoms with E-state index in [1.807, 2.05) is 20.8 Å². The van der Waals surface area contributed by atoms with E-state index in [1.165, 1.54) is 11.4 Å². The van der Waals surface area contributed by atoms with E-state index in [4.69, 9.17) is 21.1 Å². The van der Waals surface area contributed by atoms with E-state index in [0.29, 0.717) is 13.2 Å². The quantitative estimate of drug-likeness (QED) is 0.323. The van der Waals surface area contributed by atoms with Crippen LogP contribution in [0.2, 0.25) is 0 Å². The molecule has 3 atom stereocenters. The van der Waals surface area contributed by atoms with E-state index in [-0.39, 0.29) is 0 Å². The van der Waals surface area contributed by atoms with E-state index in [9.17, 15) is 9.00 Å². The normalized spacial score (nSPS) is 36.2. The van der Waals surface area contributed by atoms with Crippen LogP contribution in [0.5, 0.6) is 0 Å². The summed E-state index contributed by atoms with van der Waals surface area (Å²) in [7, 11) is -0.0930. The highest BCUT2D eigenvalue weighted by molar-refractivity contribution is 7.84. The SMILES string of the molecule is COC(=O)[C@@]1(Cl)N(S(=O)C(C)(C)C)C12COC2. The fourth-order valence-corrected chi connectivity index (χ4v) is 4.11. The Kier molecular flexibility index (Phi) is 2.86. The number of hydrogen-bond acceptors (Lipinski definition) is 4. The van der Waals surface area contributed by atoms with Crippen LogP contribution < -0.4 is 0 Å². The summed E-state index contributed by atoms with van der Waals surface area (Å²) in [5.74, 6) is -0.569. The summed E-state index contributed by atoms with van der Waals surface area (Å²) in [5.41, 5.74) is -0.653. The van der Waals surface area contributed by atoms with Gasteiger partial charge in [0.05, 0.1) is 25.1 Å². The minimum atomic E-state index is -1.37. The smallest absolute Gasteiger partial charge is 0.345 e. The second-order valence-corrected chi connectivity index (χ2v) is 7.93. The first-order valence-electron chi connectivity index (χ1n) is 5.29. The van der Waals surface area contributed by atoms with Crippen LogP contribution in [0.3, 0.4) is 0 Å². The molecule has 2 aliphatic rings. The maximum Gasteiger partial charge on any atom is 0.345 e. The molecule has 5 nitrogen and oxygen atoms in total. The molecule has 0 aromatic carbocycles. The van der Waals surface area contributed by atoms with E-state index in [1.54, 1.807) is 0 Å². The van der Waals surface area contributed by atoms with Gasteiger partial charge in [-0.2, -0.15) is 4.31 Å². The van der Waals surface area contributed by atoms with Crippen LogP contribution in [0.4, 0.5) is 0 Å². The lowest BCUT2D eigenvalue weighted by atomic mass is 10.0. The third-order valence-corrected chi connectivity index (χ3v) is 5.84. The molecule has 2 unspecified atom stereocenters. The van der Waals surface area contributed by atoms with Gasteiger partial charge in [0.15, 0.2) is 0 Å². The minimum absolute atomic E-state index is 0.313. The Morgan fingerprint density at radius 3 is 2.29 bits per heavy atom. The number of methoxy groups -OCH3 is 1. The summed E-state index contributed by atoms with van der Waals surface area (Å²) < 4.78 is 23.2. The Bertz CT molecular complexity index is 390. The predicted molar refractivity (Wildman–Crippen MR) is 63.9 cm³/mol. The van der Waals surface area contributed by atoms with Gasteiger partial charge in [0.2, 0.25) is 5.00 Å². The topological polar surface area (TPSA) is 55.6 Å². The van der Waals surface area contributed by atoms with Crippen LogP contribution in [-0.2, 0) is 25.3 Å². The molecule has 98 valence electrons. The molecule has 2 fully saturated rings. The second-order valence-electron chi connectivity index (χ2n) is 5.29. The molecule has 2 heterocycles. The lowest BCUT2D eigenvalue weighted by Crippen LogP contribution is -2.47. The number of carbonyl (C=O) groups is 1. The standard InChI is InChI=1S/C10H16ClNO4S/c1-8(2,3)17(14)12-9(5-16-6-9)10(12,11)7(13)15-4/h5-6H2,1-4H3/t10-,12?,17?/m1/s1. The summed E-state index contributed by atoms with van der Waals surface area (Å²) >= 11 is 6.30. The van der Waals surface area contributed by atoms with Gasteiger partial charge in [0.25, 0.3) is 0 Å². The molecule has 1 spiro atoms. The average molecular weight is 282 g/mol. The van der Waals surface area contributed by atoms with Gasteiger partial charge >= 0.3 is 5.97 Å². The van der Waals surface area contributed by atoms with Crippen molar-refractivity contribution in [3.63, 3.8) is 0 Å². The molecule has 0 amide bonds. The highest BCUT2D eigenvalue weighted by Crippen LogP contribution is 2.61. The van der Waals surface area contributed by atoms with Crippen molar-refractivity contribution in [1.29, 1.82) is 0 Å². The Labute approximate surface area is 108 Å². The van der Waals surface area contributed by atoms with Crippen LogP contribution in [0.25, 0.3) is 0 Å². The molecule has 2 saturated heterocycles. The van der Waals surface area contributed by atoms with E-state index in [0.717, 1.165) is 0 Å². The second kappa shape index (κ2) is 3.66. The molecule has 0 radical (unpaired) electrons. The summed E-state index contributed by atoms with van der Waals surface area (Å²) in [6.07, 6.45) is 0. The largest absolute Gasteiger partial charge is 0.467 e. The van der Waals surface area contributed by atoms with Gasteiger partial charge in [0.1, 0.15) is 16.5 Å². The van der Waals surface area contributed by atoms with Crippen molar-refractivity contribution in [3.05, 3.63) is 0 Å². The molecule has 0 aliphatic carbocycles. The molecule has 7 heteroatoms. The molecular formula is C10H16ClNO4S. The fraction of sp³-hybridized carbons (Fsp3) is 0.900. The molecule has 0 saturated carbocycles. The van der Waals surface area contributed by atoms with Crippen molar-refractivity contribution in [2.24, 2.45) is 0 Å². The Hall–Kier alpha value is -0.170. The van der Waals surface area contributed by atoms with Crippen LogP contribution in [0.15, 0.2) is 0 Å². The van der Waals surface area contributed by atoms with Crippen molar-refractivity contribution in [1.82, 2.24) is 4.31 Å². The van der Waals surface area contributed by atoms with Gasteiger partial charge in [-0.3, -0.25) is 0 Å². The average Bonchev–Trinajstić information content (AvgIpc) is 2.76. The van der Waals surface area contributed by atoms with Crippen molar-refractivity contribution < 1.29 is 18.5 Å². The lowest BCUT2D eigenvalue weighted by Gasteiger charge is -2.28. The fourth-order valence-electron chi connectivity index (χ4n) is 1.95. The van der Waals surface area contributed by atoms with Gasteiger partial charge in [-0.15, -0.1) is 0 Å². The van der Waals surface area contributed by atoms with E-state index in [2.05, 4.69) is 0 Å². The first-order valence-corrected chi connectivity index (χ1v) is 6.78. The Balaban J connectivity index is 2.30. The number of alkyl halides is 1. The van der Waals surface area contributed by atoms with Gasteiger partial charge < -0.3 is 9.47 Å². The van der Waals surface area contributed by atoms with Gasteiger partial charge in [-0.25, -0.2) is 9.00 Å². The molecule has 2 aliphatic heterocycles. The molecule has 0 aromatic heterocycles. The summed E-state index contributed by atoms with van der Waals surface area (Å²) in [6.45, 7) is 6.14. The van der Waals surface area contributed by atoms with Crippen molar-refractivity contribution >= 4 is 28.6 Å². The van der Waals surface area contributed by atoms with Crippen LogP contribution >= 0.6 is 11.6 Å². The lowest BCUT2D eigenvalue weighted by molar-refractivity contribution is -0.143. The number of carbonyl (C=O) groups excluding carboxylic acids is 1. The van der Waals surface area contributed by atoms with E-state index < -0.39 is 32.2 Å². The first-order chi connectivity index (χ1) is 7.72.